The molecule has 0 N–H and O–H groups in total. The molecule has 0 aliphatic rings. The van der Waals surface area contributed by atoms with Crippen molar-refractivity contribution in [3.05, 3.63) is 56.7 Å². The molecule has 3 heteroatoms. The van der Waals surface area contributed by atoms with Crippen LogP contribution in [0, 0.1) is 6.92 Å². The summed E-state index contributed by atoms with van der Waals surface area (Å²) in [4.78, 5) is 1.17. The molecule has 15 heavy (non-hydrogen) atoms. The molecule has 1 aromatic heterocycles. The molecule has 0 saturated heterocycles. The monoisotopic (exact) mass is 256 g/mol. The summed E-state index contributed by atoms with van der Waals surface area (Å²) >= 11 is 14.0. The number of benzene rings is 1. The van der Waals surface area contributed by atoms with Crippen molar-refractivity contribution in [3.63, 3.8) is 0 Å². The van der Waals surface area contributed by atoms with Gasteiger partial charge < -0.3 is 0 Å². The number of hydrogen-bond donors (Lipinski definition) is 0. The third-order valence-corrected chi connectivity index (χ3v) is 4.25. The Bertz CT molecular complexity index is 449. The van der Waals surface area contributed by atoms with Gasteiger partial charge >= 0.3 is 0 Å². The van der Waals surface area contributed by atoms with Gasteiger partial charge in [0.05, 0.1) is 5.38 Å². The molecule has 0 aliphatic carbocycles. The fraction of sp³-hybridized carbons (Fsp3) is 0.167. The topological polar surface area (TPSA) is 0 Å². The summed E-state index contributed by atoms with van der Waals surface area (Å²) in [5.74, 6) is 0. The molecule has 0 spiro atoms. The molecule has 0 amide bonds. The maximum Gasteiger partial charge on any atom is 0.0927 e. The Morgan fingerprint density at radius 2 is 2.07 bits per heavy atom. The maximum absolute atomic E-state index is 6.36. The molecule has 0 fully saturated rings. The van der Waals surface area contributed by atoms with Crippen LogP contribution in [0.2, 0.25) is 5.02 Å². The van der Waals surface area contributed by atoms with E-state index in [-0.39, 0.29) is 5.38 Å². The number of aryl methyl sites for hydroxylation is 1. The van der Waals surface area contributed by atoms with Crippen molar-refractivity contribution in [2.45, 2.75) is 12.3 Å². The molecule has 1 heterocycles. The molecular formula is C12H10Cl2S. The van der Waals surface area contributed by atoms with E-state index in [4.69, 9.17) is 23.2 Å². The molecule has 0 bridgehead atoms. The first-order chi connectivity index (χ1) is 7.18. The molecule has 1 aromatic carbocycles. The van der Waals surface area contributed by atoms with Crippen LogP contribution < -0.4 is 0 Å². The van der Waals surface area contributed by atoms with Gasteiger partial charge in [-0.25, -0.2) is 0 Å². The first-order valence-electron chi connectivity index (χ1n) is 4.62. The van der Waals surface area contributed by atoms with Gasteiger partial charge in [-0.15, -0.1) is 22.9 Å². The van der Waals surface area contributed by atoms with Gasteiger partial charge in [0.1, 0.15) is 0 Å². The van der Waals surface area contributed by atoms with E-state index in [0.717, 1.165) is 16.1 Å². The van der Waals surface area contributed by atoms with Crippen LogP contribution in [0.25, 0.3) is 0 Å². The lowest BCUT2D eigenvalue weighted by atomic mass is 10.1. The zero-order valence-corrected chi connectivity index (χ0v) is 10.5. The standard InChI is InChI=1S/C12H10Cl2S/c1-8-7-9(4-5-10(8)13)12(14)11-3-2-6-15-11/h2-7,12H,1H3. The number of hydrogen-bond acceptors (Lipinski definition) is 1. The minimum absolute atomic E-state index is 0.0685. The van der Waals surface area contributed by atoms with E-state index in [0.29, 0.717) is 0 Å². The summed E-state index contributed by atoms with van der Waals surface area (Å²) in [5, 5.41) is 2.75. The lowest BCUT2D eigenvalue weighted by Gasteiger charge is -2.09. The van der Waals surface area contributed by atoms with Gasteiger partial charge in [0, 0.05) is 9.90 Å². The molecule has 1 unspecified atom stereocenters. The highest BCUT2D eigenvalue weighted by Gasteiger charge is 2.12. The first-order valence-corrected chi connectivity index (χ1v) is 6.31. The van der Waals surface area contributed by atoms with Gasteiger partial charge in [-0.2, -0.15) is 0 Å². The summed E-state index contributed by atoms with van der Waals surface area (Å²) < 4.78 is 0. The van der Waals surface area contributed by atoms with Crippen LogP contribution in [0.3, 0.4) is 0 Å². The molecule has 0 radical (unpaired) electrons. The Labute approximate surface area is 103 Å². The second kappa shape index (κ2) is 4.56. The molecular weight excluding hydrogens is 247 g/mol. The number of rotatable bonds is 2. The highest BCUT2D eigenvalue weighted by molar-refractivity contribution is 7.10. The fourth-order valence-corrected chi connectivity index (χ4v) is 2.63. The molecule has 1 atom stereocenters. The Kier molecular flexibility index (Phi) is 3.35. The summed E-state index contributed by atoms with van der Waals surface area (Å²) in [5.41, 5.74) is 2.16. The third-order valence-electron chi connectivity index (χ3n) is 2.27. The largest absolute Gasteiger partial charge is 0.147 e. The van der Waals surface area contributed by atoms with Crippen LogP contribution in [-0.4, -0.2) is 0 Å². The van der Waals surface area contributed by atoms with Crippen molar-refractivity contribution in [1.29, 1.82) is 0 Å². The molecule has 0 aliphatic heterocycles. The van der Waals surface area contributed by atoms with Crippen molar-refractivity contribution in [2.75, 3.05) is 0 Å². The Balaban J connectivity index is 2.34. The van der Waals surface area contributed by atoms with Crippen molar-refractivity contribution in [1.82, 2.24) is 0 Å². The summed E-state index contributed by atoms with van der Waals surface area (Å²) in [6.07, 6.45) is 0. The first kappa shape index (κ1) is 11.0. The highest BCUT2D eigenvalue weighted by Crippen LogP contribution is 2.33. The number of halogens is 2. The van der Waals surface area contributed by atoms with Crippen molar-refractivity contribution < 1.29 is 0 Å². The van der Waals surface area contributed by atoms with E-state index in [1.807, 2.05) is 42.6 Å². The molecule has 0 nitrogen and oxygen atoms in total. The van der Waals surface area contributed by atoms with Crippen molar-refractivity contribution in [3.8, 4) is 0 Å². The quantitative estimate of drug-likeness (QED) is 0.661. The zero-order valence-electron chi connectivity index (χ0n) is 8.21. The summed E-state index contributed by atoms with van der Waals surface area (Å²) in [6.45, 7) is 1.99. The van der Waals surface area contributed by atoms with Crippen LogP contribution in [0.4, 0.5) is 0 Å². The second-order valence-electron chi connectivity index (χ2n) is 3.39. The third kappa shape index (κ3) is 2.36. The van der Waals surface area contributed by atoms with E-state index in [1.165, 1.54) is 4.88 Å². The second-order valence-corrected chi connectivity index (χ2v) is 5.21. The molecule has 78 valence electrons. The van der Waals surface area contributed by atoms with Crippen LogP contribution in [-0.2, 0) is 0 Å². The highest BCUT2D eigenvalue weighted by atomic mass is 35.5. The van der Waals surface area contributed by atoms with Crippen LogP contribution in [0.5, 0.6) is 0 Å². The van der Waals surface area contributed by atoms with E-state index in [1.54, 1.807) is 11.3 Å². The van der Waals surface area contributed by atoms with Crippen LogP contribution >= 0.6 is 34.5 Å². The zero-order chi connectivity index (χ0) is 10.8. The molecule has 0 saturated carbocycles. The van der Waals surface area contributed by atoms with Gasteiger partial charge in [0.15, 0.2) is 0 Å². The van der Waals surface area contributed by atoms with E-state index < -0.39 is 0 Å². The Hall–Kier alpha value is -0.500. The number of thiophene rings is 1. The van der Waals surface area contributed by atoms with Gasteiger partial charge in [-0.1, -0.05) is 29.8 Å². The Morgan fingerprint density at radius 3 is 2.67 bits per heavy atom. The summed E-state index contributed by atoms with van der Waals surface area (Å²) in [6, 6.07) is 9.98. The predicted molar refractivity (Wildman–Crippen MR) is 68.2 cm³/mol. The van der Waals surface area contributed by atoms with Crippen LogP contribution in [0.1, 0.15) is 21.4 Å². The van der Waals surface area contributed by atoms with Gasteiger partial charge in [-0.3, -0.25) is 0 Å². The molecule has 2 rings (SSSR count). The average molecular weight is 257 g/mol. The summed E-state index contributed by atoms with van der Waals surface area (Å²) in [7, 11) is 0. The van der Waals surface area contributed by atoms with Gasteiger partial charge in [0.25, 0.3) is 0 Å². The average Bonchev–Trinajstić information content (AvgIpc) is 2.74. The lowest BCUT2D eigenvalue weighted by Crippen LogP contribution is -1.90. The molecule has 2 aromatic rings. The minimum Gasteiger partial charge on any atom is -0.147 e. The predicted octanol–water partition coefficient (Wildman–Crippen LogP) is 5.04. The maximum atomic E-state index is 6.36. The van der Waals surface area contributed by atoms with E-state index in [9.17, 15) is 0 Å². The minimum atomic E-state index is -0.0685. The smallest absolute Gasteiger partial charge is 0.0927 e. The number of alkyl halides is 1. The van der Waals surface area contributed by atoms with Crippen molar-refractivity contribution >= 4 is 34.5 Å². The van der Waals surface area contributed by atoms with Crippen molar-refractivity contribution in [2.24, 2.45) is 0 Å². The normalized spacial score (nSPS) is 12.7. The SMILES string of the molecule is Cc1cc(C(Cl)c2cccs2)ccc1Cl. The van der Waals surface area contributed by atoms with Gasteiger partial charge in [0.2, 0.25) is 0 Å². The lowest BCUT2D eigenvalue weighted by molar-refractivity contribution is 1.17. The van der Waals surface area contributed by atoms with Gasteiger partial charge in [-0.05, 0) is 35.6 Å². The Morgan fingerprint density at radius 1 is 1.27 bits per heavy atom. The fourth-order valence-electron chi connectivity index (χ4n) is 1.43. The van der Waals surface area contributed by atoms with Crippen LogP contribution in [0.15, 0.2) is 35.7 Å². The van der Waals surface area contributed by atoms with E-state index >= 15 is 0 Å². The van der Waals surface area contributed by atoms with E-state index in [2.05, 4.69) is 0 Å².